The normalized spacial score (nSPS) is 11.1. The summed E-state index contributed by atoms with van der Waals surface area (Å²) in [6.07, 6.45) is 2.00. The van der Waals surface area contributed by atoms with Gasteiger partial charge in [-0.1, -0.05) is 36.5 Å². The molecule has 0 saturated heterocycles. The SMILES string of the molecule is CCCCOc1ccc(NC(=O)c2cc(Cl)ccc2NS(=O)(=O)c2ccc(Cl)cc2)cc1. The van der Waals surface area contributed by atoms with E-state index in [9.17, 15) is 13.2 Å². The summed E-state index contributed by atoms with van der Waals surface area (Å²) in [5.74, 6) is 0.191. The van der Waals surface area contributed by atoms with Crippen LogP contribution >= 0.6 is 23.2 Å². The van der Waals surface area contributed by atoms with Gasteiger partial charge in [-0.3, -0.25) is 9.52 Å². The Morgan fingerprint density at radius 1 is 0.938 bits per heavy atom. The van der Waals surface area contributed by atoms with E-state index in [4.69, 9.17) is 27.9 Å². The van der Waals surface area contributed by atoms with Crippen molar-refractivity contribution in [2.45, 2.75) is 24.7 Å². The molecule has 2 N–H and O–H groups in total. The number of ether oxygens (including phenoxy) is 1. The summed E-state index contributed by atoms with van der Waals surface area (Å²) in [5, 5.41) is 3.46. The number of rotatable bonds is 9. The number of sulfonamides is 1. The number of anilines is 2. The summed E-state index contributed by atoms with van der Waals surface area (Å²) >= 11 is 11.9. The van der Waals surface area contributed by atoms with Crippen molar-refractivity contribution < 1.29 is 17.9 Å². The van der Waals surface area contributed by atoms with E-state index in [1.165, 1.54) is 42.5 Å². The Balaban J connectivity index is 1.78. The lowest BCUT2D eigenvalue weighted by Crippen LogP contribution is -2.18. The van der Waals surface area contributed by atoms with Crippen molar-refractivity contribution in [1.29, 1.82) is 0 Å². The van der Waals surface area contributed by atoms with Gasteiger partial charge in [0.15, 0.2) is 0 Å². The minimum Gasteiger partial charge on any atom is -0.494 e. The van der Waals surface area contributed by atoms with Crippen molar-refractivity contribution in [3.8, 4) is 5.75 Å². The third-order valence-electron chi connectivity index (χ3n) is 4.47. The lowest BCUT2D eigenvalue weighted by Gasteiger charge is -2.14. The molecule has 168 valence electrons. The van der Waals surface area contributed by atoms with E-state index in [1.807, 2.05) is 0 Å². The van der Waals surface area contributed by atoms with Gasteiger partial charge in [-0.15, -0.1) is 0 Å². The van der Waals surface area contributed by atoms with Crippen molar-refractivity contribution in [3.63, 3.8) is 0 Å². The van der Waals surface area contributed by atoms with Crippen molar-refractivity contribution in [2.24, 2.45) is 0 Å². The van der Waals surface area contributed by atoms with Crippen LogP contribution in [0.15, 0.2) is 71.6 Å². The predicted octanol–water partition coefficient (Wildman–Crippen LogP) is 6.23. The zero-order valence-corrected chi connectivity index (χ0v) is 19.6. The Labute approximate surface area is 197 Å². The number of carbonyl (C=O) groups is 1. The number of hydrogen-bond donors (Lipinski definition) is 2. The molecule has 0 aromatic heterocycles. The highest BCUT2D eigenvalue weighted by atomic mass is 35.5. The third kappa shape index (κ3) is 6.38. The van der Waals surface area contributed by atoms with Crippen molar-refractivity contribution in [2.75, 3.05) is 16.6 Å². The molecule has 0 unspecified atom stereocenters. The Kier molecular flexibility index (Phi) is 8.01. The van der Waals surface area contributed by atoms with Gasteiger partial charge < -0.3 is 10.1 Å². The smallest absolute Gasteiger partial charge is 0.261 e. The number of benzene rings is 3. The van der Waals surface area contributed by atoms with Crippen LogP contribution in [-0.4, -0.2) is 20.9 Å². The number of amides is 1. The molecular weight excluding hydrogens is 471 g/mol. The van der Waals surface area contributed by atoms with Gasteiger partial charge in [0.2, 0.25) is 0 Å². The molecule has 1 amide bonds. The first kappa shape index (κ1) is 23.9. The van der Waals surface area contributed by atoms with Crippen LogP contribution in [0.4, 0.5) is 11.4 Å². The van der Waals surface area contributed by atoms with E-state index in [2.05, 4.69) is 17.0 Å². The topological polar surface area (TPSA) is 84.5 Å². The molecule has 0 aliphatic heterocycles. The molecule has 0 atom stereocenters. The molecule has 0 fully saturated rings. The van der Waals surface area contributed by atoms with Crippen LogP contribution in [-0.2, 0) is 10.0 Å². The molecule has 0 aliphatic rings. The molecule has 0 aliphatic carbocycles. The van der Waals surface area contributed by atoms with Crippen LogP contribution in [0.3, 0.4) is 0 Å². The van der Waals surface area contributed by atoms with E-state index < -0.39 is 15.9 Å². The Morgan fingerprint density at radius 3 is 2.25 bits per heavy atom. The van der Waals surface area contributed by atoms with Crippen LogP contribution in [0.5, 0.6) is 5.75 Å². The average Bonchev–Trinajstić information content (AvgIpc) is 2.76. The molecule has 3 aromatic rings. The van der Waals surface area contributed by atoms with E-state index >= 15 is 0 Å². The highest BCUT2D eigenvalue weighted by Crippen LogP contribution is 2.26. The summed E-state index contributed by atoms with van der Waals surface area (Å²) in [7, 11) is -3.94. The van der Waals surface area contributed by atoms with Gasteiger partial charge >= 0.3 is 0 Å². The fraction of sp³-hybridized carbons (Fsp3) is 0.174. The summed E-state index contributed by atoms with van der Waals surface area (Å²) < 4.78 is 33.5. The zero-order valence-electron chi connectivity index (χ0n) is 17.3. The molecule has 0 heterocycles. The van der Waals surface area contributed by atoms with Gasteiger partial charge in [-0.05, 0) is 73.2 Å². The lowest BCUT2D eigenvalue weighted by atomic mass is 10.1. The predicted molar refractivity (Wildman–Crippen MR) is 129 cm³/mol. The van der Waals surface area contributed by atoms with Crippen LogP contribution in [0.2, 0.25) is 10.0 Å². The van der Waals surface area contributed by atoms with Crippen molar-refractivity contribution >= 4 is 50.5 Å². The second kappa shape index (κ2) is 10.7. The second-order valence-corrected chi connectivity index (χ2v) is 9.49. The molecule has 0 spiro atoms. The van der Waals surface area contributed by atoms with Gasteiger partial charge in [0.25, 0.3) is 15.9 Å². The minimum atomic E-state index is -3.94. The summed E-state index contributed by atoms with van der Waals surface area (Å²) in [6, 6.07) is 17.0. The van der Waals surface area contributed by atoms with E-state index in [0.717, 1.165) is 12.8 Å². The molecule has 6 nitrogen and oxygen atoms in total. The fourth-order valence-electron chi connectivity index (χ4n) is 2.78. The molecule has 3 aromatic carbocycles. The molecule has 9 heteroatoms. The summed E-state index contributed by atoms with van der Waals surface area (Å²) in [4.78, 5) is 12.9. The molecule has 0 saturated carbocycles. The van der Waals surface area contributed by atoms with Gasteiger partial charge in [0.1, 0.15) is 5.75 Å². The molecule has 3 rings (SSSR count). The third-order valence-corrected chi connectivity index (χ3v) is 6.34. The molecule has 32 heavy (non-hydrogen) atoms. The standard InChI is InChI=1S/C23H22Cl2N2O4S/c1-2-3-14-31-19-9-7-18(8-10-19)26-23(28)21-15-17(25)6-13-22(21)27-32(29,30)20-11-4-16(24)5-12-20/h4-13,15,27H,2-3,14H2,1H3,(H,26,28). The Bertz CT molecular complexity index is 1180. The van der Waals surface area contributed by atoms with Gasteiger partial charge in [-0.2, -0.15) is 0 Å². The van der Waals surface area contributed by atoms with E-state index in [1.54, 1.807) is 24.3 Å². The fourth-order valence-corrected chi connectivity index (χ4v) is 4.16. The number of carbonyl (C=O) groups excluding carboxylic acids is 1. The van der Waals surface area contributed by atoms with Crippen LogP contribution < -0.4 is 14.8 Å². The number of nitrogens with one attached hydrogen (secondary N) is 2. The molecular formula is C23H22Cl2N2O4S. The monoisotopic (exact) mass is 492 g/mol. The Hall–Kier alpha value is -2.74. The highest BCUT2D eigenvalue weighted by molar-refractivity contribution is 7.92. The number of halogens is 2. The maximum atomic E-state index is 12.9. The van der Waals surface area contributed by atoms with Gasteiger partial charge in [0, 0.05) is 15.7 Å². The Morgan fingerprint density at radius 2 is 1.59 bits per heavy atom. The quantitative estimate of drug-likeness (QED) is 0.347. The zero-order chi connectivity index (χ0) is 23.1. The maximum Gasteiger partial charge on any atom is 0.261 e. The lowest BCUT2D eigenvalue weighted by molar-refractivity contribution is 0.102. The molecule has 0 radical (unpaired) electrons. The first-order valence-electron chi connectivity index (χ1n) is 9.90. The summed E-state index contributed by atoms with van der Waals surface area (Å²) in [5.41, 5.74) is 0.712. The first-order chi connectivity index (χ1) is 15.3. The van der Waals surface area contributed by atoms with E-state index in [-0.39, 0.29) is 16.1 Å². The second-order valence-electron chi connectivity index (χ2n) is 6.93. The van der Waals surface area contributed by atoms with Gasteiger partial charge in [-0.25, -0.2) is 8.42 Å². The average molecular weight is 493 g/mol. The first-order valence-corrected chi connectivity index (χ1v) is 12.1. The molecule has 0 bridgehead atoms. The summed E-state index contributed by atoms with van der Waals surface area (Å²) in [6.45, 7) is 2.71. The largest absolute Gasteiger partial charge is 0.494 e. The van der Waals surface area contributed by atoms with Gasteiger partial charge in [0.05, 0.1) is 22.8 Å². The number of hydrogen-bond acceptors (Lipinski definition) is 4. The van der Waals surface area contributed by atoms with E-state index in [0.29, 0.717) is 28.1 Å². The highest BCUT2D eigenvalue weighted by Gasteiger charge is 2.19. The van der Waals surface area contributed by atoms with Crippen LogP contribution in [0.25, 0.3) is 0 Å². The maximum absolute atomic E-state index is 12.9. The van der Waals surface area contributed by atoms with Crippen molar-refractivity contribution in [1.82, 2.24) is 0 Å². The van der Waals surface area contributed by atoms with Crippen LogP contribution in [0.1, 0.15) is 30.1 Å². The van der Waals surface area contributed by atoms with Crippen molar-refractivity contribution in [3.05, 3.63) is 82.3 Å². The number of unbranched alkanes of at least 4 members (excludes halogenated alkanes) is 1. The minimum absolute atomic E-state index is 0.0156. The van der Waals surface area contributed by atoms with Crippen LogP contribution in [0, 0.1) is 0 Å².